The number of hydrogen-bond acceptors (Lipinski definition) is 5. The van der Waals surface area contributed by atoms with E-state index in [9.17, 15) is 4.79 Å². The predicted molar refractivity (Wildman–Crippen MR) is 77.0 cm³/mol. The molecule has 104 valence electrons. The lowest BCUT2D eigenvalue weighted by Crippen LogP contribution is -2.08. The molecule has 3 rings (SSSR count). The van der Waals surface area contributed by atoms with Gasteiger partial charge >= 0.3 is 0 Å². The zero-order valence-corrected chi connectivity index (χ0v) is 12.3. The van der Waals surface area contributed by atoms with Crippen LogP contribution in [0.1, 0.15) is 11.3 Å². The smallest absolute Gasteiger partial charge is 0.262 e. The van der Waals surface area contributed by atoms with E-state index in [0.29, 0.717) is 27.1 Å². The summed E-state index contributed by atoms with van der Waals surface area (Å²) in [5, 5.41) is 12.3. The number of halogens is 1. The molecule has 9 heteroatoms. The molecule has 0 radical (unpaired) electrons. The number of thioether (sulfide) groups is 1. The van der Waals surface area contributed by atoms with Gasteiger partial charge in [0.2, 0.25) is 0 Å². The molecule has 3 aromatic rings. The first-order valence-electron chi connectivity index (χ1n) is 5.80. The maximum absolute atomic E-state index is 11.8. The summed E-state index contributed by atoms with van der Waals surface area (Å²) < 4.78 is 1.63. The van der Waals surface area contributed by atoms with E-state index in [0.717, 1.165) is 11.3 Å². The predicted octanol–water partition coefficient (Wildman–Crippen LogP) is 1.63. The average Bonchev–Trinajstić information content (AvgIpc) is 2.95. The number of nitrogens with zero attached hydrogens (tertiary/aromatic N) is 4. The van der Waals surface area contributed by atoms with Crippen LogP contribution in [0.3, 0.4) is 0 Å². The van der Waals surface area contributed by atoms with Crippen molar-refractivity contribution in [2.45, 2.75) is 17.8 Å². The highest BCUT2D eigenvalue weighted by Gasteiger charge is 2.13. The molecule has 0 atom stereocenters. The molecular formula is C11H11ClN6OS. The molecule has 3 aromatic heterocycles. The van der Waals surface area contributed by atoms with E-state index in [-0.39, 0.29) is 5.56 Å². The number of aryl methyl sites for hydroxylation is 2. The molecule has 0 saturated carbocycles. The van der Waals surface area contributed by atoms with Gasteiger partial charge in [-0.2, -0.15) is 10.2 Å². The van der Waals surface area contributed by atoms with E-state index >= 15 is 0 Å². The van der Waals surface area contributed by atoms with Crippen molar-refractivity contribution in [2.24, 2.45) is 7.05 Å². The van der Waals surface area contributed by atoms with Crippen molar-refractivity contribution in [3.05, 3.63) is 33.0 Å². The number of hydrogen-bond donors (Lipinski definition) is 2. The van der Waals surface area contributed by atoms with Crippen LogP contribution in [0, 0.1) is 6.92 Å². The molecule has 0 unspecified atom stereocenters. The average molecular weight is 311 g/mol. The minimum absolute atomic E-state index is 0.208. The lowest BCUT2D eigenvalue weighted by molar-refractivity contribution is 0.757. The normalized spacial score (nSPS) is 11.3. The lowest BCUT2D eigenvalue weighted by atomic mass is 10.3. The molecule has 0 bridgehead atoms. The molecule has 0 aliphatic heterocycles. The highest BCUT2D eigenvalue weighted by molar-refractivity contribution is 7.98. The number of rotatable bonds is 3. The summed E-state index contributed by atoms with van der Waals surface area (Å²) in [5.74, 6) is 0.584. The number of fused-ring (bicyclic) bond motifs is 1. The lowest BCUT2D eigenvalue weighted by Gasteiger charge is -2.01. The fourth-order valence-corrected chi connectivity index (χ4v) is 3.14. The van der Waals surface area contributed by atoms with Gasteiger partial charge in [-0.3, -0.25) is 14.6 Å². The topological polar surface area (TPSA) is 92.2 Å². The summed E-state index contributed by atoms with van der Waals surface area (Å²) in [5.41, 5.74) is 2.08. The van der Waals surface area contributed by atoms with Crippen molar-refractivity contribution in [3.8, 4) is 0 Å². The minimum Gasteiger partial charge on any atom is -0.301 e. The van der Waals surface area contributed by atoms with Crippen molar-refractivity contribution in [2.75, 3.05) is 0 Å². The molecule has 2 N–H and O–H groups in total. The highest BCUT2D eigenvalue weighted by atomic mass is 35.5. The molecule has 0 aromatic carbocycles. The van der Waals surface area contributed by atoms with Crippen molar-refractivity contribution >= 4 is 34.4 Å². The van der Waals surface area contributed by atoms with E-state index < -0.39 is 0 Å². The van der Waals surface area contributed by atoms with Gasteiger partial charge in [0, 0.05) is 18.4 Å². The summed E-state index contributed by atoms with van der Waals surface area (Å²) >= 11 is 7.56. The minimum atomic E-state index is -0.208. The standard InChI is InChI=1S/C11H11ClN6OS/c1-5-7(8(12)18(2)17-5)4-20-11-14-9-6(3-13-16-9)10(19)15-11/h3H,4H2,1-2H3,(H2,13,14,15,16,19). The molecular weight excluding hydrogens is 300 g/mol. The van der Waals surface area contributed by atoms with Gasteiger partial charge in [-0.15, -0.1) is 0 Å². The van der Waals surface area contributed by atoms with Gasteiger partial charge in [-0.05, 0) is 6.92 Å². The first kappa shape index (κ1) is 13.2. The van der Waals surface area contributed by atoms with Gasteiger partial charge in [0.25, 0.3) is 5.56 Å². The zero-order chi connectivity index (χ0) is 14.3. The molecule has 0 aliphatic rings. The second-order valence-electron chi connectivity index (χ2n) is 4.27. The number of H-pyrrole nitrogens is 2. The Bertz CT molecular complexity index is 835. The fourth-order valence-electron chi connectivity index (χ4n) is 1.87. The largest absolute Gasteiger partial charge is 0.301 e. The first-order chi connectivity index (χ1) is 9.56. The Morgan fingerprint density at radius 3 is 3.00 bits per heavy atom. The third kappa shape index (κ3) is 2.20. The van der Waals surface area contributed by atoms with Gasteiger partial charge in [0.15, 0.2) is 10.8 Å². The third-order valence-electron chi connectivity index (χ3n) is 2.92. The molecule has 20 heavy (non-hydrogen) atoms. The Kier molecular flexibility index (Phi) is 3.27. The van der Waals surface area contributed by atoms with Crippen LogP contribution >= 0.6 is 23.4 Å². The SMILES string of the molecule is Cc1nn(C)c(Cl)c1CSc1nc2[nH]ncc2c(=O)[nH]1. The van der Waals surface area contributed by atoms with Crippen LogP contribution in [-0.4, -0.2) is 29.9 Å². The van der Waals surface area contributed by atoms with Crippen LogP contribution in [0.4, 0.5) is 0 Å². The van der Waals surface area contributed by atoms with Crippen LogP contribution < -0.4 is 5.56 Å². The molecule has 7 nitrogen and oxygen atoms in total. The zero-order valence-electron chi connectivity index (χ0n) is 10.8. The van der Waals surface area contributed by atoms with Crippen molar-refractivity contribution in [1.29, 1.82) is 0 Å². The number of aromatic amines is 2. The molecule has 0 spiro atoms. The fraction of sp³-hybridized carbons (Fsp3) is 0.273. The summed E-state index contributed by atoms with van der Waals surface area (Å²) in [6, 6.07) is 0. The summed E-state index contributed by atoms with van der Waals surface area (Å²) in [6.07, 6.45) is 1.46. The monoisotopic (exact) mass is 310 g/mol. The summed E-state index contributed by atoms with van der Waals surface area (Å²) in [7, 11) is 1.79. The van der Waals surface area contributed by atoms with Crippen LogP contribution in [0.5, 0.6) is 0 Å². The first-order valence-corrected chi connectivity index (χ1v) is 7.17. The molecule has 3 heterocycles. The summed E-state index contributed by atoms with van der Waals surface area (Å²) in [4.78, 5) is 18.8. The Labute approximate surface area is 122 Å². The van der Waals surface area contributed by atoms with Crippen molar-refractivity contribution < 1.29 is 0 Å². The van der Waals surface area contributed by atoms with Gasteiger partial charge in [-0.1, -0.05) is 23.4 Å². The van der Waals surface area contributed by atoms with E-state index in [1.165, 1.54) is 18.0 Å². The Hall–Kier alpha value is -1.80. The summed E-state index contributed by atoms with van der Waals surface area (Å²) in [6.45, 7) is 1.90. The molecule has 0 fully saturated rings. The van der Waals surface area contributed by atoms with E-state index in [4.69, 9.17) is 11.6 Å². The van der Waals surface area contributed by atoms with Crippen molar-refractivity contribution in [1.82, 2.24) is 29.9 Å². The maximum atomic E-state index is 11.8. The highest BCUT2D eigenvalue weighted by Crippen LogP contribution is 2.26. The van der Waals surface area contributed by atoms with E-state index in [1.54, 1.807) is 11.7 Å². The Morgan fingerprint density at radius 1 is 1.50 bits per heavy atom. The second kappa shape index (κ2) is 4.95. The van der Waals surface area contributed by atoms with Crippen molar-refractivity contribution in [3.63, 3.8) is 0 Å². The maximum Gasteiger partial charge on any atom is 0.262 e. The van der Waals surface area contributed by atoms with Gasteiger partial charge < -0.3 is 4.98 Å². The Morgan fingerprint density at radius 2 is 2.30 bits per heavy atom. The van der Waals surface area contributed by atoms with Crippen LogP contribution in [0.2, 0.25) is 5.15 Å². The quantitative estimate of drug-likeness (QED) is 0.566. The Balaban J connectivity index is 1.88. The van der Waals surface area contributed by atoms with Crippen LogP contribution in [-0.2, 0) is 12.8 Å². The number of aromatic nitrogens is 6. The van der Waals surface area contributed by atoms with E-state index in [1.807, 2.05) is 6.92 Å². The van der Waals surface area contributed by atoms with Crippen LogP contribution in [0.25, 0.3) is 11.0 Å². The van der Waals surface area contributed by atoms with Gasteiger partial charge in [-0.25, -0.2) is 4.98 Å². The number of nitrogens with one attached hydrogen (secondary N) is 2. The second-order valence-corrected chi connectivity index (χ2v) is 5.59. The van der Waals surface area contributed by atoms with Gasteiger partial charge in [0.1, 0.15) is 10.5 Å². The molecule has 0 aliphatic carbocycles. The van der Waals surface area contributed by atoms with Crippen LogP contribution in [0.15, 0.2) is 16.1 Å². The van der Waals surface area contributed by atoms with Gasteiger partial charge in [0.05, 0.1) is 11.9 Å². The molecule has 0 saturated heterocycles. The third-order valence-corrected chi connectivity index (χ3v) is 4.29. The molecule has 0 amide bonds. The van der Waals surface area contributed by atoms with E-state index in [2.05, 4.69) is 25.3 Å².